The van der Waals surface area contributed by atoms with E-state index in [4.69, 9.17) is 11.5 Å². The highest BCUT2D eigenvalue weighted by Gasteiger charge is 2.32. The van der Waals surface area contributed by atoms with E-state index >= 15 is 0 Å². The van der Waals surface area contributed by atoms with Crippen LogP contribution in [0.25, 0.3) is 0 Å². The van der Waals surface area contributed by atoms with Crippen molar-refractivity contribution in [2.24, 2.45) is 11.5 Å². The molecule has 0 aliphatic rings. The minimum absolute atomic E-state index is 0.0193. The summed E-state index contributed by atoms with van der Waals surface area (Å²) in [5.74, 6) is -4.46. The van der Waals surface area contributed by atoms with Crippen molar-refractivity contribution in [2.45, 2.75) is 62.9 Å². The van der Waals surface area contributed by atoms with Gasteiger partial charge in [-0.15, -0.1) is 0 Å². The number of nitrogens with two attached hydrogens (primary N) is 2. The van der Waals surface area contributed by atoms with Gasteiger partial charge in [-0.3, -0.25) is 19.2 Å². The van der Waals surface area contributed by atoms with Crippen LogP contribution in [-0.2, 0) is 36.8 Å². The quantitative estimate of drug-likeness (QED) is 0.148. The molecule has 0 bridgehead atoms. The molecule has 0 radical (unpaired) electrons. The van der Waals surface area contributed by atoms with Crippen LogP contribution in [0, 0.1) is 0 Å². The Balaban J connectivity index is 2.22. The van der Waals surface area contributed by atoms with Crippen LogP contribution in [0.2, 0.25) is 0 Å². The molecule has 0 aliphatic carbocycles. The van der Waals surface area contributed by atoms with Gasteiger partial charge in [0.05, 0.1) is 12.1 Å². The number of carbonyl (C=O) groups excluding carboxylic acids is 4. The highest BCUT2D eigenvalue weighted by molar-refractivity contribution is 5.94. The van der Waals surface area contributed by atoms with E-state index in [1.54, 1.807) is 54.6 Å². The number of amides is 4. The van der Waals surface area contributed by atoms with Crippen molar-refractivity contribution in [3.63, 3.8) is 0 Å². The molecule has 5 atom stereocenters. The van der Waals surface area contributed by atoms with Crippen LogP contribution in [0.4, 0.5) is 0 Å². The second kappa shape index (κ2) is 15.2. The number of carboxylic acids is 1. The molecule has 39 heavy (non-hydrogen) atoms. The van der Waals surface area contributed by atoms with Gasteiger partial charge >= 0.3 is 5.97 Å². The van der Waals surface area contributed by atoms with E-state index in [0.717, 1.165) is 5.56 Å². The summed E-state index contributed by atoms with van der Waals surface area (Å²) in [5.41, 5.74) is 12.7. The van der Waals surface area contributed by atoms with Crippen molar-refractivity contribution in [1.29, 1.82) is 0 Å². The van der Waals surface area contributed by atoms with Crippen LogP contribution in [0.5, 0.6) is 0 Å². The SMILES string of the molecule is CC(O)C(NC(=O)C(Cc1ccccc1)NC(=O)C(CCC(N)=O)NC(=O)C(N)Cc1ccccc1)C(=O)O. The first kappa shape index (κ1) is 30.9. The van der Waals surface area contributed by atoms with Gasteiger partial charge in [0.25, 0.3) is 0 Å². The molecule has 12 nitrogen and oxygen atoms in total. The molecule has 2 rings (SSSR count). The molecule has 0 saturated carbocycles. The third kappa shape index (κ3) is 10.5. The summed E-state index contributed by atoms with van der Waals surface area (Å²) in [5, 5.41) is 26.4. The summed E-state index contributed by atoms with van der Waals surface area (Å²) < 4.78 is 0. The molecule has 2 aromatic carbocycles. The second-order valence-corrected chi connectivity index (χ2v) is 9.18. The van der Waals surface area contributed by atoms with Crippen molar-refractivity contribution in [2.75, 3.05) is 0 Å². The summed E-state index contributed by atoms with van der Waals surface area (Å²) in [6.07, 6.45) is -1.62. The molecule has 2 aromatic rings. The third-order valence-electron chi connectivity index (χ3n) is 5.91. The van der Waals surface area contributed by atoms with Gasteiger partial charge in [-0.05, 0) is 30.9 Å². The average molecular weight is 542 g/mol. The Labute approximate surface area is 226 Å². The highest BCUT2D eigenvalue weighted by atomic mass is 16.4. The standard InChI is InChI=1S/C27H35N5O7/c1-16(33)23(27(38)39)32-26(37)21(15-18-10-6-3-7-11-18)31-25(36)20(12-13-22(29)34)30-24(35)19(28)14-17-8-4-2-5-9-17/h2-11,16,19-21,23,33H,12-15,28H2,1H3,(H2,29,34)(H,30,35)(H,31,36)(H,32,37)(H,38,39). The van der Waals surface area contributed by atoms with Crippen molar-refractivity contribution in [3.8, 4) is 0 Å². The van der Waals surface area contributed by atoms with E-state index in [2.05, 4.69) is 16.0 Å². The number of aliphatic hydroxyl groups is 1. The Morgan fingerprint density at radius 3 is 1.74 bits per heavy atom. The lowest BCUT2D eigenvalue weighted by Crippen LogP contribution is -2.59. The Morgan fingerprint density at radius 1 is 0.769 bits per heavy atom. The van der Waals surface area contributed by atoms with Gasteiger partial charge in [-0.25, -0.2) is 4.79 Å². The van der Waals surface area contributed by atoms with Gasteiger partial charge in [0.15, 0.2) is 6.04 Å². The van der Waals surface area contributed by atoms with Crippen LogP contribution < -0.4 is 27.4 Å². The summed E-state index contributed by atoms with van der Waals surface area (Å²) in [6, 6.07) is 12.5. The van der Waals surface area contributed by atoms with Crippen LogP contribution in [0.15, 0.2) is 60.7 Å². The molecular weight excluding hydrogens is 506 g/mol. The number of carbonyl (C=O) groups is 5. The number of hydrogen-bond acceptors (Lipinski definition) is 7. The van der Waals surface area contributed by atoms with Crippen molar-refractivity contribution in [3.05, 3.63) is 71.8 Å². The number of benzene rings is 2. The lowest BCUT2D eigenvalue weighted by atomic mass is 10.0. The monoisotopic (exact) mass is 541 g/mol. The van der Waals surface area contributed by atoms with Crippen LogP contribution in [0.3, 0.4) is 0 Å². The Bertz CT molecular complexity index is 1130. The molecule has 0 aliphatic heterocycles. The maximum atomic E-state index is 13.3. The minimum Gasteiger partial charge on any atom is -0.480 e. The number of rotatable bonds is 15. The zero-order valence-electron chi connectivity index (χ0n) is 21.6. The molecule has 0 spiro atoms. The summed E-state index contributed by atoms with van der Waals surface area (Å²) in [7, 11) is 0. The predicted octanol–water partition coefficient (Wildman–Crippen LogP) is -1.02. The van der Waals surface area contributed by atoms with Crippen molar-refractivity contribution < 1.29 is 34.2 Å². The first-order valence-corrected chi connectivity index (χ1v) is 12.4. The fraction of sp³-hybridized carbons (Fsp3) is 0.370. The smallest absolute Gasteiger partial charge is 0.328 e. The molecule has 9 N–H and O–H groups in total. The first-order valence-electron chi connectivity index (χ1n) is 12.4. The van der Waals surface area contributed by atoms with Crippen molar-refractivity contribution in [1.82, 2.24) is 16.0 Å². The van der Waals surface area contributed by atoms with Gasteiger partial charge in [0.1, 0.15) is 12.1 Å². The summed E-state index contributed by atoms with van der Waals surface area (Å²) in [4.78, 5) is 62.0. The van der Waals surface area contributed by atoms with E-state index in [-0.39, 0.29) is 25.7 Å². The topological polar surface area (TPSA) is 214 Å². The molecule has 0 heterocycles. The maximum Gasteiger partial charge on any atom is 0.328 e. The van der Waals surface area contributed by atoms with Gasteiger partial charge in [0, 0.05) is 12.8 Å². The second-order valence-electron chi connectivity index (χ2n) is 9.18. The van der Waals surface area contributed by atoms with Crippen LogP contribution in [0.1, 0.15) is 30.9 Å². The number of aliphatic hydroxyl groups excluding tert-OH is 1. The largest absolute Gasteiger partial charge is 0.480 e. The normalized spacial score (nSPS) is 14.6. The number of primary amides is 1. The van der Waals surface area contributed by atoms with Gasteiger partial charge in [0.2, 0.25) is 23.6 Å². The van der Waals surface area contributed by atoms with Gasteiger partial charge in [-0.1, -0.05) is 60.7 Å². The van der Waals surface area contributed by atoms with Gasteiger partial charge < -0.3 is 37.6 Å². The van der Waals surface area contributed by atoms with Crippen LogP contribution in [-0.4, -0.2) is 70.1 Å². The number of nitrogens with one attached hydrogen (secondary N) is 3. The summed E-state index contributed by atoms with van der Waals surface area (Å²) in [6.45, 7) is 1.21. The zero-order chi connectivity index (χ0) is 28.9. The number of aliphatic carboxylic acids is 1. The van der Waals surface area contributed by atoms with E-state index < -0.39 is 59.9 Å². The van der Waals surface area contributed by atoms with Crippen molar-refractivity contribution >= 4 is 29.6 Å². The fourth-order valence-electron chi connectivity index (χ4n) is 3.77. The molecule has 210 valence electrons. The zero-order valence-corrected chi connectivity index (χ0v) is 21.6. The van der Waals surface area contributed by atoms with Crippen LogP contribution >= 0.6 is 0 Å². The van der Waals surface area contributed by atoms with Gasteiger partial charge in [-0.2, -0.15) is 0 Å². The number of hydrogen-bond donors (Lipinski definition) is 7. The molecule has 12 heteroatoms. The molecule has 0 fully saturated rings. The third-order valence-corrected chi connectivity index (χ3v) is 5.91. The minimum atomic E-state index is -1.62. The predicted molar refractivity (Wildman–Crippen MR) is 142 cm³/mol. The molecule has 4 amide bonds. The Morgan fingerprint density at radius 2 is 1.26 bits per heavy atom. The van der Waals surface area contributed by atoms with E-state index in [1.807, 2.05) is 6.07 Å². The Kier molecular flexibility index (Phi) is 12.1. The lowest BCUT2D eigenvalue weighted by Gasteiger charge is -2.26. The summed E-state index contributed by atoms with van der Waals surface area (Å²) >= 11 is 0. The first-order chi connectivity index (χ1) is 18.5. The molecule has 0 aromatic heterocycles. The van der Waals surface area contributed by atoms with E-state index in [1.165, 1.54) is 6.92 Å². The Hall–Kier alpha value is -4.29. The highest BCUT2D eigenvalue weighted by Crippen LogP contribution is 2.08. The molecule has 5 unspecified atom stereocenters. The maximum absolute atomic E-state index is 13.3. The average Bonchev–Trinajstić information content (AvgIpc) is 2.89. The fourth-order valence-corrected chi connectivity index (χ4v) is 3.77. The molecular formula is C27H35N5O7. The van der Waals surface area contributed by atoms with E-state index in [9.17, 15) is 34.2 Å². The lowest BCUT2D eigenvalue weighted by molar-refractivity contribution is -0.145. The molecule has 0 saturated heterocycles. The van der Waals surface area contributed by atoms with E-state index in [0.29, 0.717) is 5.56 Å². The number of carboxylic acid groups (broad SMARTS) is 1.